The fraction of sp³-hybridized carbons (Fsp3) is 1.00. The molecular formula is C11H24BrNO2S. The summed E-state index contributed by atoms with van der Waals surface area (Å²) in [6.07, 6.45) is 2.12. The predicted octanol–water partition coefficient (Wildman–Crippen LogP) is 2.90. The van der Waals surface area contributed by atoms with E-state index in [9.17, 15) is 8.42 Å². The maximum Gasteiger partial charge on any atom is 0.216 e. The minimum absolute atomic E-state index is 0.208. The summed E-state index contributed by atoms with van der Waals surface area (Å²) in [7, 11) is -3.22. The second-order valence-electron chi connectivity index (χ2n) is 5.06. The molecule has 0 aliphatic heterocycles. The average molecular weight is 314 g/mol. The van der Waals surface area contributed by atoms with Crippen LogP contribution in [0.1, 0.15) is 47.5 Å². The molecule has 0 amide bonds. The smallest absolute Gasteiger partial charge is 0.214 e. The molecule has 0 radical (unpaired) electrons. The Morgan fingerprint density at radius 1 is 1.19 bits per heavy atom. The van der Waals surface area contributed by atoms with Gasteiger partial charge in [0.25, 0.3) is 0 Å². The molecule has 0 fully saturated rings. The molecule has 16 heavy (non-hydrogen) atoms. The molecule has 5 heteroatoms. The van der Waals surface area contributed by atoms with Gasteiger partial charge in [0.05, 0.1) is 4.75 Å². The molecule has 0 rings (SSSR count). The zero-order valence-electron chi connectivity index (χ0n) is 10.9. The normalized spacial score (nSPS) is 15.4. The quantitative estimate of drug-likeness (QED) is 0.766. The van der Waals surface area contributed by atoms with Crippen molar-refractivity contribution in [3.8, 4) is 0 Å². The molecule has 0 aliphatic carbocycles. The van der Waals surface area contributed by atoms with Crippen LogP contribution in [0.25, 0.3) is 0 Å². The summed E-state index contributed by atoms with van der Waals surface area (Å²) in [4.78, 5) is 0.208. The number of nitrogens with one attached hydrogen (secondary N) is 1. The molecule has 0 bridgehead atoms. The van der Waals surface area contributed by atoms with Crippen LogP contribution in [0.3, 0.4) is 0 Å². The number of halogens is 1. The summed E-state index contributed by atoms with van der Waals surface area (Å²) in [6, 6.07) is 0. The Labute approximate surface area is 109 Å². The third kappa shape index (κ3) is 4.72. The van der Waals surface area contributed by atoms with E-state index in [2.05, 4.69) is 34.5 Å². The molecule has 0 aliphatic rings. The molecule has 1 unspecified atom stereocenters. The highest BCUT2D eigenvalue weighted by Crippen LogP contribution is 2.20. The van der Waals surface area contributed by atoms with Gasteiger partial charge >= 0.3 is 0 Å². The number of rotatable bonds is 6. The van der Waals surface area contributed by atoms with Gasteiger partial charge in [-0.25, -0.2) is 13.1 Å². The van der Waals surface area contributed by atoms with E-state index in [0.29, 0.717) is 12.5 Å². The van der Waals surface area contributed by atoms with Crippen molar-refractivity contribution in [1.29, 1.82) is 0 Å². The van der Waals surface area contributed by atoms with Gasteiger partial charge in [0.15, 0.2) is 0 Å². The van der Waals surface area contributed by atoms with Gasteiger partial charge in [-0.2, -0.15) is 0 Å². The Hall–Kier alpha value is 0.390. The Kier molecular flexibility index (Phi) is 6.51. The first-order valence-electron chi connectivity index (χ1n) is 5.79. The fourth-order valence-electron chi connectivity index (χ4n) is 1.37. The standard InChI is InChI=1S/C11H24BrNO2S/c1-6-9(7-2)10(12)8-13-16(14,15)11(3,4)5/h9-10,13H,6-8H2,1-5H3. The van der Waals surface area contributed by atoms with E-state index in [1.807, 2.05) is 0 Å². The van der Waals surface area contributed by atoms with Crippen molar-refractivity contribution in [1.82, 2.24) is 4.72 Å². The van der Waals surface area contributed by atoms with Gasteiger partial charge in [0.1, 0.15) is 0 Å². The van der Waals surface area contributed by atoms with Crippen LogP contribution < -0.4 is 4.72 Å². The monoisotopic (exact) mass is 313 g/mol. The largest absolute Gasteiger partial charge is 0.216 e. The lowest BCUT2D eigenvalue weighted by atomic mass is 10.00. The van der Waals surface area contributed by atoms with Gasteiger partial charge in [-0.15, -0.1) is 0 Å². The first-order chi connectivity index (χ1) is 7.15. The van der Waals surface area contributed by atoms with Crippen LogP contribution in [0.5, 0.6) is 0 Å². The van der Waals surface area contributed by atoms with Crippen molar-refractivity contribution in [2.45, 2.75) is 57.0 Å². The summed E-state index contributed by atoms with van der Waals surface area (Å²) in [5.74, 6) is 0.516. The Balaban J connectivity index is 4.36. The highest BCUT2D eigenvalue weighted by molar-refractivity contribution is 9.09. The van der Waals surface area contributed by atoms with E-state index >= 15 is 0 Å². The second kappa shape index (κ2) is 6.36. The van der Waals surface area contributed by atoms with Gasteiger partial charge < -0.3 is 0 Å². The lowest BCUT2D eigenvalue weighted by molar-refractivity contribution is 0.467. The Morgan fingerprint density at radius 3 is 1.94 bits per heavy atom. The maximum absolute atomic E-state index is 11.8. The lowest BCUT2D eigenvalue weighted by Gasteiger charge is -2.24. The van der Waals surface area contributed by atoms with Crippen LogP contribution in [0.4, 0.5) is 0 Å². The molecular weight excluding hydrogens is 290 g/mol. The van der Waals surface area contributed by atoms with Gasteiger partial charge in [-0.05, 0) is 26.7 Å². The van der Waals surface area contributed by atoms with E-state index in [0.717, 1.165) is 12.8 Å². The summed E-state index contributed by atoms with van der Waals surface area (Å²) in [5.41, 5.74) is 0. The summed E-state index contributed by atoms with van der Waals surface area (Å²) in [6.45, 7) is 9.83. The zero-order chi connectivity index (χ0) is 13.0. The SMILES string of the molecule is CCC(CC)C(Br)CNS(=O)(=O)C(C)(C)C. The van der Waals surface area contributed by atoms with Gasteiger partial charge in [-0.1, -0.05) is 42.6 Å². The lowest BCUT2D eigenvalue weighted by Crippen LogP contribution is -2.42. The number of hydrogen-bond acceptors (Lipinski definition) is 2. The molecule has 3 nitrogen and oxygen atoms in total. The van der Waals surface area contributed by atoms with Crippen LogP contribution in [-0.4, -0.2) is 24.5 Å². The Bertz CT molecular complexity index is 292. The molecule has 0 aromatic carbocycles. The molecule has 0 saturated carbocycles. The summed E-state index contributed by atoms with van der Waals surface area (Å²) in [5, 5.41) is 0. The van der Waals surface area contributed by atoms with Gasteiger partial charge in [0.2, 0.25) is 10.0 Å². The van der Waals surface area contributed by atoms with Crippen molar-refractivity contribution in [3.05, 3.63) is 0 Å². The minimum atomic E-state index is -3.22. The highest BCUT2D eigenvalue weighted by atomic mass is 79.9. The highest BCUT2D eigenvalue weighted by Gasteiger charge is 2.29. The molecule has 0 spiro atoms. The zero-order valence-corrected chi connectivity index (χ0v) is 13.3. The van der Waals surface area contributed by atoms with E-state index in [-0.39, 0.29) is 4.83 Å². The number of hydrogen-bond donors (Lipinski definition) is 1. The molecule has 0 aromatic rings. The molecule has 1 atom stereocenters. The van der Waals surface area contributed by atoms with Crippen LogP contribution in [0, 0.1) is 5.92 Å². The average Bonchev–Trinajstić information content (AvgIpc) is 2.15. The third-order valence-electron chi connectivity index (χ3n) is 2.83. The fourth-order valence-corrected chi connectivity index (χ4v) is 3.33. The van der Waals surface area contributed by atoms with Crippen molar-refractivity contribution in [2.75, 3.05) is 6.54 Å². The van der Waals surface area contributed by atoms with Crippen LogP contribution in [0.15, 0.2) is 0 Å². The van der Waals surface area contributed by atoms with Crippen molar-refractivity contribution in [2.24, 2.45) is 5.92 Å². The van der Waals surface area contributed by atoms with Crippen molar-refractivity contribution >= 4 is 26.0 Å². The summed E-state index contributed by atoms with van der Waals surface area (Å²) < 4.78 is 25.6. The maximum atomic E-state index is 11.8. The van der Waals surface area contributed by atoms with E-state index in [4.69, 9.17) is 0 Å². The first-order valence-corrected chi connectivity index (χ1v) is 8.18. The number of sulfonamides is 1. The third-order valence-corrected chi connectivity index (χ3v) is 6.07. The van der Waals surface area contributed by atoms with Crippen molar-refractivity contribution < 1.29 is 8.42 Å². The van der Waals surface area contributed by atoms with Crippen LogP contribution >= 0.6 is 15.9 Å². The van der Waals surface area contributed by atoms with E-state index in [1.54, 1.807) is 20.8 Å². The Morgan fingerprint density at radius 2 is 1.62 bits per heavy atom. The van der Waals surface area contributed by atoms with Gasteiger partial charge in [-0.3, -0.25) is 0 Å². The number of alkyl halides is 1. The van der Waals surface area contributed by atoms with E-state index < -0.39 is 14.8 Å². The molecule has 0 saturated heterocycles. The van der Waals surface area contributed by atoms with Crippen LogP contribution in [0.2, 0.25) is 0 Å². The summed E-state index contributed by atoms with van der Waals surface area (Å²) >= 11 is 3.56. The van der Waals surface area contributed by atoms with Crippen molar-refractivity contribution in [3.63, 3.8) is 0 Å². The second-order valence-corrected chi connectivity index (χ2v) is 8.75. The molecule has 1 N–H and O–H groups in total. The predicted molar refractivity (Wildman–Crippen MR) is 73.5 cm³/mol. The topological polar surface area (TPSA) is 46.2 Å². The minimum Gasteiger partial charge on any atom is -0.214 e. The molecule has 0 heterocycles. The molecule has 98 valence electrons. The van der Waals surface area contributed by atoms with Crippen LogP contribution in [-0.2, 0) is 10.0 Å². The molecule has 0 aromatic heterocycles. The first kappa shape index (κ1) is 16.4. The van der Waals surface area contributed by atoms with E-state index in [1.165, 1.54) is 0 Å². The van der Waals surface area contributed by atoms with Gasteiger partial charge in [0, 0.05) is 11.4 Å².